The molecule has 3 aromatic rings. The third-order valence-corrected chi connectivity index (χ3v) is 3.06. The lowest BCUT2D eigenvalue weighted by Crippen LogP contribution is -2.03. The van der Waals surface area contributed by atoms with Crippen molar-refractivity contribution in [2.75, 3.05) is 7.11 Å². The fourth-order valence-electron chi connectivity index (χ4n) is 1.92. The van der Waals surface area contributed by atoms with Crippen LogP contribution in [0.2, 0.25) is 5.15 Å². The van der Waals surface area contributed by atoms with Crippen molar-refractivity contribution in [2.45, 2.75) is 6.92 Å². The predicted molar refractivity (Wildman–Crippen MR) is 82.0 cm³/mol. The fourth-order valence-corrected chi connectivity index (χ4v) is 2.08. The third kappa shape index (κ3) is 3.01. The maximum Gasteiger partial charge on any atom is 0.224 e. The van der Waals surface area contributed by atoms with Gasteiger partial charge in [-0.25, -0.2) is 4.98 Å². The number of aromatic nitrogens is 4. The summed E-state index contributed by atoms with van der Waals surface area (Å²) in [5.41, 5.74) is 0.805. The maximum absolute atomic E-state index is 5.87. The van der Waals surface area contributed by atoms with Crippen LogP contribution in [0, 0.1) is 6.92 Å². The van der Waals surface area contributed by atoms with Gasteiger partial charge in [0.15, 0.2) is 5.82 Å². The molecule has 0 bridgehead atoms. The molecule has 3 heterocycles. The Hall–Kier alpha value is -2.60. The second-order valence-electron chi connectivity index (χ2n) is 4.49. The quantitative estimate of drug-likeness (QED) is 0.690. The molecule has 0 N–H and O–H groups in total. The van der Waals surface area contributed by atoms with Gasteiger partial charge in [-0.15, -0.1) is 0 Å². The molecule has 0 aliphatic rings. The second-order valence-corrected chi connectivity index (χ2v) is 4.88. The summed E-state index contributed by atoms with van der Waals surface area (Å²) in [7, 11) is 1.57. The van der Waals surface area contributed by atoms with Gasteiger partial charge in [-0.3, -0.25) is 0 Å². The van der Waals surface area contributed by atoms with Crippen LogP contribution in [0.4, 0.5) is 0 Å². The molecule has 7 heteroatoms. The number of hydrogen-bond acceptors (Lipinski definition) is 5. The maximum atomic E-state index is 5.87. The molecule has 0 atom stereocenters. The van der Waals surface area contributed by atoms with Crippen LogP contribution in [0.3, 0.4) is 0 Å². The topological polar surface area (TPSA) is 62.1 Å². The van der Waals surface area contributed by atoms with Crippen molar-refractivity contribution >= 4 is 11.6 Å². The van der Waals surface area contributed by atoms with Crippen LogP contribution in [0.1, 0.15) is 5.69 Å². The van der Waals surface area contributed by atoms with Crippen LogP contribution in [0.5, 0.6) is 17.5 Å². The molecule has 0 fully saturated rings. The summed E-state index contributed by atoms with van der Waals surface area (Å²) in [4.78, 5) is 8.28. The summed E-state index contributed by atoms with van der Waals surface area (Å²) in [6, 6.07) is 10.6. The highest BCUT2D eigenvalue weighted by Gasteiger charge is 2.12. The molecule has 3 rings (SSSR count). The third-order valence-electron chi connectivity index (χ3n) is 2.85. The van der Waals surface area contributed by atoms with Crippen LogP contribution in [-0.2, 0) is 0 Å². The van der Waals surface area contributed by atoms with E-state index in [-0.39, 0.29) is 0 Å². The van der Waals surface area contributed by atoms with Crippen LogP contribution in [-0.4, -0.2) is 26.9 Å². The molecule has 0 saturated carbocycles. The number of nitrogens with zero attached hydrogens (tertiary/aromatic N) is 4. The Bertz CT molecular complexity index is 804. The van der Waals surface area contributed by atoms with Crippen LogP contribution in [0.25, 0.3) is 5.82 Å². The SMILES string of the molecule is COc1cccc(-n2nc(C)cc2Oc2ccnc(Cl)c2)n1. The number of aryl methyl sites for hydroxylation is 1. The number of hydrogen-bond donors (Lipinski definition) is 0. The average molecular weight is 317 g/mol. The summed E-state index contributed by atoms with van der Waals surface area (Å²) in [5, 5.41) is 4.76. The van der Waals surface area contributed by atoms with Crippen molar-refractivity contribution in [1.82, 2.24) is 19.7 Å². The van der Waals surface area contributed by atoms with Crippen molar-refractivity contribution in [3.63, 3.8) is 0 Å². The first-order chi connectivity index (χ1) is 10.7. The van der Waals surface area contributed by atoms with E-state index in [0.29, 0.717) is 28.5 Å². The van der Waals surface area contributed by atoms with Gasteiger partial charge in [-0.2, -0.15) is 14.8 Å². The number of methoxy groups -OCH3 is 1. The largest absolute Gasteiger partial charge is 0.481 e. The molecule has 0 amide bonds. The molecular formula is C15H13ClN4O2. The predicted octanol–water partition coefficient (Wildman–Crippen LogP) is 3.43. The summed E-state index contributed by atoms with van der Waals surface area (Å²) < 4.78 is 12.6. The zero-order valence-electron chi connectivity index (χ0n) is 12.0. The van der Waals surface area contributed by atoms with E-state index in [2.05, 4.69) is 15.1 Å². The minimum Gasteiger partial charge on any atom is -0.481 e. The lowest BCUT2D eigenvalue weighted by atomic mass is 10.4. The van der Waals surface area contributed by atoms with E-state index in [1.54, 1.807) is 36.2 Å². The van der Waals surface area contributed by atoms with E-state index in [1.165, 1.54) is 0 Å². The molecule has 3 aromatic heterocycles. The lowest BCUT2D eigenvalue weighted by Gasteiger charge is -2.09. The molecule has 0 aliphatic carbocycles. The van der Waals surface area contributed by atoms with Gasteiger partial charge in [0.2, 0.25) is 11.8 Å². The molecular weight excluding hydrogens is 304 g/mol. The van der Waals surface area contributed by atoms with Gasteiger partial charge in [-0.05, 0) is 19.1 Å². The van der Waals surface area contributed by atoms with Crippen molar-refractivity contribution in [1.29, 1.82) is 0 Å². The first-order valence-corrected chi connectivity index (χ1v) is 6.91. The smallest absolute Gasteiger partial charge is 0.224 e. The molecule has 0 spiro atoms. The van der Waals surface area contributed by atoms with E-state index < -0.39 is 0 Å². The summed E-state index contributed by atoms with van der Waals surface area (Å²) in [6.07, 6.45) is 1.58. The van der Waals surface area contributed by atoms with Crippen molar-refractivity contribution in [3.8, 4) is 23.3 Å². The fraction of sp³-hybridized carbons (Fsp3) is 0.133. The van der Waals surface area contributed by atoms with Crippen LogP contribution >= 0.6 is 11.6 Å². The van der Waals surface area contributed by atoms with E-state index in [1.807, 2.05) is 25.1 Å². The number of rotatable bonds is 4. The summed E-state index contributed by atoms with van der Waals surface area (Å²) in [5.74, 6) is 2.20. The zero-order valence-corrected chi connectivity index (χ0v) is 12.8. The lowest BCUT2D eigenvalue weighted by molar-refractivity contribution is 0.395. The Morgan fingerprint density at radius 1 is 1.18 bits per heavy atom. The van der Waals surface area contributed by atoms with Gasteiger partial charge >= 0.3 is 0 Å². The Kier molecular flexibility index (Phi) is 3.93. The molecule has 0 saturated heterocycles. The van der Waals surface area contributed by atoms with Crippen molar-refractivity contribution in [2.24, 2.45) is 0 Å². The number of pyridine rings is 2. The van der Waals surface area contributed by atoms with E-state index in [9.17, 15) is 0 Å². The van der Waals surface area contributed by atoms with Gasteiger partial charge in [0.05, 0.1) is 12.8 Å². The highest BCUT2D eigenvalue weighted by Crippen LogP contribution is 2.26. The van der Waals surface area contributed by atoms with E-state index >= 15 is 0 Å². The minimum atomic E-state index is 0.361. The molecule has 22 heavy (non-hydrogen) atoms. The highest BCUT2D eigenvalue weighted by atomic mass is 35.5. The first kappa shape index (κ1) is 14.3. The van der Waals surface area contributed by atoms with Crippen LogP contribution < -0.4 is 9.47 Å². The van der Waals surface area contributed by atoms with E-state index in [0.717, 1.165) is 5.69 Å². The molecule has 6 nitrogen and oxygen atoms in total. The number of ether oxygens (including phenoxy) is 2. The van der Waals surface area contributed by atoms with Gasteiger partial charge in [0, 0.05) is 24.4 Å². The minimum absolute atomic E-state index is 0.361. The molecule has 0 unspecified atom stereocenters. The Morgan fingerprint density at radius 2 is 2.05 bits per heavy atom. The monoisotopic (exact) mass is 316 g/mol. The normalized spacial score (nSPS) is 10.5. The zero-order chi connectivity index (χ0) is 15.5. The Balaban J connectivity index is 1.99. The Labute approximate surface area is 132 Å². The molecule has 112 valence electrons. The summed E-state index contributed by atoms with van der Waals surface area (Å²) >= 11 is 5.87. The van der Waals surface area contributed by atoms with Crippen molar-refractivity contribution < 1.29 is 9.47 Å². The standard InChI is InChI=1S/C15H13ClN4O2/c1-10-8-15(22-11-6-7-17-12(16)9-11)20(19-10)13-4-3-5-14(18-13)21-2/h3-9H,1-2H3. The van der Waals surface area contributed by atoms with Crippen molar-refractivity contribution in [3.05, 3.63) is 53.4 Å². The van der Waals surface area contributed by atoms with Gasteiger partial charge in [0.25, 0.3) is 0 Å². The number of halogens is 1. The average Bonchev–Trinajstić information content (AvgIpc) is 2.88. The van der Waals surface area contributed by atoms with Crippen LogP contribution in [0.15, 0.2) is 42.6 Å². The second kappa shape index (κ2) is 6.03. The Morgan fingerprint density at radius 3 is 2.82 bits per heavy atom. The first-order valence-electron chi connectivity index (χ1n) is 6.53. The summed E-state index contributed by atoms with van der Waals surface area (Å²) in [6.45, 7) is 1.88. The molecule has 0 aromatic carbocycles. The van der Waals surface area contributed by atoms with Gasteiger partial charge < -0.3 is 9.47 Å². The van der Waals surface area contributed by atoms with E-state index in [4.69, 9.17) is 21.1 Å². The highest BCUT2D eigenvalue weighted by molar-refractivity contribution is 6.29. The van der Waals surface area contributed by atoms with Gasteiger partial charge in [-0.1, -0.05) is 17.7 Å². The molecule has 0 radical (unpaired) electrons. The van der Waals surface area contributed by atoms with Gasteiger partial charge in [0.1, 0.15) is 10.9 Å². The molecule has 0 aliphatic heterocycles.